The van der Waals surface area contributed by atoms with Crippen molar-refractivity contribution in [1.82, 2.24) is 4.98 Å². The molecule has 2 N–H and O–H groups in total. The van der Waals surface area contributed by atoms with Gasteiger partial charge in [0.05, 0.1) is 18.1 Å². The molecule has 0 saturated heterocycles. The summed E-state index contributed by atoms with van der Waals surface area (Å²) in [6.07, 6.45) is 4.55. The summed E-state index contributed by atoms with van der Waals surface area (Å²) in [5.41, 5.74) is 7.12. The van der Waals surface area contributed by atoms with Crippen LogP contribution in [0.1, 0.15) is 38.2 Å². The molecule has 0 amide bonds. The van der Waals surface area contributed by atoms with Crippen molar-refractivity contribution < 1.29 is 14.3 Å². The van der Waals surface area contributed by atoms with E-state index in [2.05, 4.69) is 11.1 Å². The summed E-state index contributed by atoms with van der Waals surface area (Å²) in [7, 11) is 0. The van der Waals surface area contributed by atoms with Crippen molar-refractivity contribution in [3.63, 3.8) is 0 Å². The van der Waals surface area contributed by atoms with E-state index < -0.39 is 11.9 Å². The number of rotatable bonds is 5. The van der Waals surface area contributed by atoms with Gasteiger partial charge in [0.25, 0.3) is 0 Å². The highest BCUT2D eigenvalue weighted by Gasteiger charge is 2.37. The fourth-order valence-corrected chi connectivity index (χ4v) is 2.54. The maximum absolute atomic E-state index is 12.5. The van der Waals surface area contributed by atoms with E-state index in [1.54, 1.807) is 31.5 Å². The van der Waals surface area contributed by atoms with Crippen LogP contribution in [0.3, 0.4) is 0 Å². The number of hydrogen-bond donors (Lipinski definition) is 1. The minimum absolute atomic E-state index is 0.0258. The van der Waals surface area contributed by atoms with Crippen molar-refractivity contribution >= 4 is 5.97 Å². The second-order valence-corrected chi connectivity index (χ2v) is 5.02. The highest BCUT2D eigenvalue weighted by Crippen LogP contribution is 2.40. The van der Waals surface area contributed by atoms with E-state index >= 15 is 0 Å². The average Bonchev–Trinajstić information content (AvgIpc) is 2.55. The molecular weight excluding hydrogens is 294 g/mol. The zero-order valence-electron chi connectivity index (χ0n) is 13.2. The third-order valence-electron chi connectivity index (χ3n) is 3.49. The third-order valence-corrected chi connectivity index (χ3v) is 3.49. The van der Waals surface area contributed by atoms with Gasteiger partial charge in [-0.2, -0.15) is 5.26 Å². The quantitative estimate of drug-likeness (QED) is 0.839. The van der Waals surface area contributed by atoms with E-state index in [-0.39, 0.29) is 18.1 Å². The van der Waals surface area contributed by atoms with Crippen molar-refractivity contribution in [1.29, 1.82) is 5.26 Å². The second kappa shape index (κ2) is 7.45. The van der Waals surface area contributed by atoms with E-state index in [1.165, 1.54) is 0 Å². The van der Waals surface area contributed by atoms with Crippen LogP contribution in [0.5, 0.6) is 0 Å². The predicted octanol–water partition coefficient (Wildman–Crippen LogP) is 2.51. The largest absolute Gasteiger partial charge is 0.463 e. The van der Waals surface area contributed by atoms with Crippen LogP contribution in [0.2, 0.25) is 0 Å². The van der Waals surface area contributed by atoms with E-state index in [0.717, 1.165) is 6.42 Å². The zero-order valence-corrected chi connectivity index (χ0v) is 13.2. The molecule has 0 radical (unpaired) electrons. The molecule has 0 saturated carbocycles. The molecule has 23 heavy (non-hydrogen) atoms. The first-order valence-corrected chi connectivity index (χ1v) is 7.51. The lowest BCUT2D eigenvalue weighted by Crippen LogP contribution is -2.26. The summed E-state index contributed by atoms with van der Waals surface area (Å²) >= 11 is 0. The maximum Gasteiger partial charge on any atom is 0.338 e. The number of nitriles is 1. The molecule has 2 rings (SSSR count). The summed E-state index contributed by atoms with van der Waals surface area (Å²) in [6.45, 7) is 3.94. The number of ether oxygens (including phenoxy) is 2. The van der Waals surface area contributed by atoms with Crippen LogP contribution in [0.15, 0.2) is 47.3 Å². The van der Waals surface area contributed by atoms with Gasteiger partial charge < -0.3 is 15.2 Å². The van der Waals surface area contributed by atoms with Crippen LogP contribution in [0.25, 0.3) is 0 Å². The van der Waals surface area contributed by atoms with E-state index in [0.29, 0.717) is 23.3 Å². The Kier molecular flexibility index (Phi) is 5.36. The van der Waals surface area contributed by atoms with Crippen molar-refractivity contribution in [2.75, 3.05) is 6.61 Å². The summed E-state index contributed by atoms with van der Waals surface area (Å²) in [5.74, 6) is -0.637. The number of hydrogen-bond acceptors (Lipinski definition) is 6. The molecule has 0 spiro atoms. The van der Waals surface area contributed by atoms with Gasteiger partial charge in [0.1, 0.15) is 17.4 Å². The van der Waals surface area contributed by atoms with Crippen LogP contribution in [0, 0.1) is 11.3 Å². The molecule has 1 atom stereocenters. The van der Waals surface area contributed by atoms with Gasteiger partial charge in [-0.1, -0.05) is 13.0 Å². The van der Waals surface area contributed by atoms with E-state index in [9.17, 15) is 10.1 Å². The highest BCUT2D eigenvalue weighted by atomic mass is 16.5. The number of carbonyl (C=O) groups is 1. The smallest absolute Gasteiger partial charge is 0.338 e. The van der Waals surface area contributed by atoms with Gasteiger partial charge in [-0.25, -0.2) is 4.79 Å². The number of pyridine rings is 1. The molecule has 1 aromatic heterocycles. The minimum atomic E-state index is -0.622. The monoisotopic (exact) mass is 313 g/mol. The molecular formula is C17H19N3O3. The second-order valence-electron chi connectivity index (χ2n) is 5.02. The van der Waals surface area contributed by atoms with Crippen molar-refractivity contribution in [3.8, 4) is 6.07 Å². The molecule has 2 heterocycles. The van der Waals surface area contributed by atoms with Gasteiger partial charge in [0, 0.05) is 18.8 Å². The summed E-state index contributed by atoms with van der Waals surface area (Å²) in [6, 6.07) is 5.60. The van der Waals surface area contributed by atoms with Crippen molar-refractivity contribution in [3.05, 3.63) is 52.9 Å². The van der Waals surface area contributed by atoms with Crippen LogP contribution >= 0.6 is 0 Å². The standard InChI is InChI=1S/C17H19N3O3/c1-3-6-13-15(17(21)22-4-2)14(11-7-5-8-20-10-11)12(9-18)16(19)23-13/h5,7-8,10,14H,3-4,6,19H2,1-2H3/t14-/m0/s1. The molecule has 0 aromatic carbocycles. The normalized spacial score (nSPS) is 17.5. The Morgan fingerprint density at radius 2 is 2.30 bits per heavy atom. The van der Waals surface area contributed by atoms with E-state index in [1.807, 2.05) is 6.92 Å². The molecule has 0 aliphatic carbocycles. The predicted molar refractivity (Wildman–Crippen MR) is 83.5 cm³/mol. The topological polar surface area (TPSA) is 98.2 Å². The Labute approximate surface area is 135 Å². The SMILES string of the molecule is CCCC1=C(C(=O)OCC)[C@@H](c2cccnc2)C(C#N)=C(N)O1. The molecule has 0 bridgehead atoms. The van der Waals surface area contributed by atoms with Crippen LogP contribution in [0.4, 0.5) is 0 Å². The summed E-state index contributed by atoms with van der Waals surface area (Å²) in [4.78, 5) is 16.6. The van der Waals surface area contributed by atoms with Gasteiger partial charge in [-0.05, 0) is 25.0 Å². The van der Waals surface area contributed by atoms with Gasteiger partial charge in [-0.3, -0.25) is 4.98 Å². The number of carbonyl (C=O) groups excluding carboxylic acids is 1. The highest BCUT2D eigenvalue weighted by molar-refractivity contribution is 5.92. The lowest BCUT2D eigenvalue weighted by molar-refractivity contribution is -0.139. The Balaban J connectivity index is 2.62. The van der Waals surface area contributed by atoms with Crippen LogP contribution < -0.4 is 5.73 Å². The fraction of sp³-hybridized carbons (Fsp3) is 0.353. The molecule has 6 heteroatoms. The molecule has 6 nitrogen and oxygen atoms in total. The minimum Gasteiger partial charge on any atom is -0.463 e. The Bertz CT molecular complexity index is 687. The molecule has 120 valence electrons. The molecule has 0 fully saturated rings. The van der Waals surface area contributed by atoms with Gasteiger partial charge >= 0.3 is 5.97 Å². The Morgan fingerprint density at radius 1 is 1.52 bits per heavy atom. The summed E-state index contributed by atoms with van der Waals surface area (Å²) in [5, 5.41) is 9.48. The number of aromatic nitrogens is 1. The zero-order chi connectivity index (χ0) is 16.8. The van der Waals surface area contributed by atoms with Gasteiger partial charge in [-0.15, -0.1) is 0 Å². The molecule has 1 aliphatic rings. The first-order valence-electron chi connectivity index (χ1n) is 7.51. The number of allylic oxidation sites excluding steroid dienone is 2. The van der Waals surface area contributed by atoms with Crippen molar-refractivity contribution in [2.24, 2.45) is 5.73 Å². The lowest BCUT2D eigenvalue weighted by atomic mass is 9.83. The molecule has 1 aromatic rings. The lowest BCUT2D eigenvalue weighted by Gasteiger charge is -2.27. The van der Waals surface area contributed by atoms with Gasteiger partial charge in [0.15, 0.2) is 0 Å². The first-order chi connectivity index (χ1) is 11.1. The number of esters is 1. The average molecular weight is 313 g/mol. The van der Waals surface area contributed by atoms with E-state index in [4.69, 9.17) is 15.2 Å². The third kappa shape index (κ3) is 3.34. The Hall–Kier alpha value is -2.81. The Morgan fingerprint density at radius 3 is 2.87 bits per heavy atom. The molecule has 0 unspecified atom stereocenters. The van der Waals surface area contributed by atoms with Crippen molar-refractivity contribution in [2.45, 2.75) is 32.6 Å². The van der Waals surface area contributed by atoms with Crippen LogP contribution in [-0.4, -0.2) is 17.6 Å². The van der Waals surface area contributed by atoms with Crippen LogP contribution in [-0.2, 0) is 14.3 Å². The summed E-state index contributed by atoms with van der Waals surface area (Å²) < 4.78 is 10.7. The fourth-order valence-electron chi connectivity index (χ4n) is 2.54. The van der Waals surface area contributed by atoms with Gasteiger partial charge in [0.2, 0.25) is 5.88 Å². The number of nitrogens with zero attached hydrogens (tertiary/aromatic N) is 2. The maximum atomic E-state index is 12.5. The molecule has 1 aliphatic heterocycles. The first kappa shape index (κ1) is 16.6. The number of nitrogens with two attached hydrogens (primary N) is 1.